The summed E-state index contributed by atoms with van der Waals surface area (Å²) in [5, 5.41) is 18.4. The lowest BCUT2D eigenvalue weighted by Crippen LogP contribution is -2.52. The van der Waals surface area contributed by atoms with Crippen LogP contribution in [0.2, 0.25) is 0 Å². The van der Waals surface area contributed by atoms with Gasteiger partial charge >= 0.3 is 5.97 Å². The number of hydrogen-bond acceptors (Lipinski definition) is 4. The summed E-state index contributed by atoms with van der Waals surface area (Å²) in [6.45, 7) is 2.27. The number of aliphatic carboxylic acids is 1. The van der Waals surface area contributed by atoms with Crippen molar-refractivity contribution in [1.82, 2.24) is 4.90 Å². The number of benzene rings is 1. The molecule has 6 heteroatoms. The van der Waals surface area contributed by atoms with Crippen molar-refractivity contribution in [2.24, 2.45) is 0 Å². The highest BCUT2D eigenvalue weighted by atomic mass is 16.5. The molecule has 19 heavy (non-hydrogen) atoms. The molecule has 2 rings (SSSR count). The smallest absolute Gasteiger partial charge is 0.328 e. The van der Waals surface area contributed by atoms with E-state index in [2.05, 4.69) is 0 Å². The minimum atomic E-state index is -1.08. The lowest BCUT2D eigenvalue weighted by molar-refractivity contribution is -0.147. The molecule has 1 unspecified atom stereocenters. The third kappa shape index (κ3) is 2.68. The Morgan fingerprint density at radius 3 is 2.79 bits per heavy atom. The van der Waals surface area contributed by atoms with E-state index in [-0.39, 0.29) is 24.8 Å². The molecule has 1 saturated heterocycles. The van der Waals surface area contributed by atoms with Crippen molar-refractivity contribution < 1.29 is 24.5 Å². The molecule has 0 spiro atoms. The van der Waals surface area contributed by atoms with E-state index >= 15 is 0 Å². The van der Waals surface area contributed by atoms with Gasteiger partial charge in [0.25, 0.3) is 5.91 Å². The monoisotopic (exact) mass is 265 g/mol. The average molecular weight is 265 g/mol. The van der Waals surface area contributed by atoms with Gasteiger partial charge in [0.15, 0.2) is 6.04 Å². The molecule has 1 heterocycles. The fourth-order valence-corrected chi connectivity index (χ4v) is 2.09. The van der Waals surface area contributed by atoms with E-state index in [1.807, 2.05) is 0 Å². The van der Waals surface area contributed by atoms with Crippen molar-refractivity contribution in [1.29, 1.82) is 0 Å². The lowest BCUT2D eigenvalue weighted by atomic mass is 10.1. The standard InChI is InChI=1S/C13H15NO5/c1-8-6-9(15)2-3-10(8)12(16)14-4-5-19-7-11(14)13(17)18/h2-3,6,11,15H,4-5,7H2,1H3,(H,17,18). The first-order valence-electron chi connectivity index (χ1n) is 5.92. The first-order valence-corrected chi connectivity index (χ1v) is 5.92. The maximum Gasteiger partial charge on any atom is 0.328 e. The Balaban J connectivity index is 2.28. The molecule has 1 aromatic carbocycles. The summed E-state index contributed by atoms with van der Waals surface area (Å²) in [6.07, 6.45) is 0. The molecule has 0 radical (unpaired) electrons. The van der Waals surface area contributed by atoms with Crippen LogP contribution < -0.4 is 0 Å². The molecule has 1 aliphatic rings. The van der Waals surface area contributed by atoms with E-state index in [4.69, 9.17) is 9.84 Å². The number of rotatable bonds is 2. The van der Waals surface area contributed by atoms with Gasteiger partial charge in [0.05, 0.1) is 13.2 Å². The van der Waals surface area contributed by atoms with Crippen LogP contribution >= 0.6 is 0 Å². The number of carbonyl (C=O) groups is 2. The number of aryl methyl sites for hydroxylation is 1. The Hall–Kier alpha value is -2.08. The quantitative estimate of drug-likeness (QED) is 0.818. The highest BCUT2D eigenvalue weighted by molar-refractivity contribution is 5.98. The SMILES string of the molecule is Cc1cc(O)ccc1C(=O)N1CCOCC1C(=O)O. The summed E-state index contributed by atoms with van der Waals surface area (Å²) in [7, 11) is 0. The van der Waals surface area contributed by atoms with Crippen LogP contribution in [0.1, 0.15) is 15.9 Å². The van der Waals surface area contributed by atoms with E-state index < -0.39 is 12.0 Å². The predicted molar refractivity (Wildman–Crippen MR) is 66.1 cm³/mol. The summed E-state index contributed by atoms with van der Waals surface area (Å²) in [4.78, 5) is 24.8. The Morgan fingerprint density at radius 1 is 1.42 bits per heavy atom. The highest BCUT2D eigenvalue weighted by Gasteiger charge is 2.33. The van der Waals surface area contributed by atoms with Crippen LogP contribution in [0.25, 0.3) is 0 Å². The summed E-state index contributed by atoms with van der Waals surface area (Å²) in [6, 6.07) is 3.43. The normalized spacial score (nSPS) is 19.2. The second kappa shape index (κ2) is 5.27. The van der Waals surface area contributed by atoms with Gasteiger partial charge in [-0.3, -0.25) is 4.79 Å². The van der Waals surface area contributed by atoms with Gasteiger partial charge in [0.1, 0.15) is 5.75 Å². The van der Waals surface area contributed by atoms with Gasteiger partial charge in [-0.1, -0.05) is 0 Å². The maximum atomic E-state index is 12.4. The molecule has 1 aliphatic heterocycles. The molecule has 1 fully saturated rings. The summed E-state index contributed by atoms with van der Waals surface area (Å²) in [5.41, 5.74) is 1.01. The zero-order chi connectivity index (χ0) is 14.0. The van der Waals surface area contributed by atoms with E-state index in [0.29, 0.717) is 17.7 Å². The van der Waals surface area contributed by atoms with Crippen molar-refractivity contribution in [3.63, 3.8) is 0 Å². The Bertz CT molecular complexity index is 514. The van der Waals surface area contributed by atoms with Crippen LogP contribution in [0, 0.1) is 6.92 Å². The maximum absolute atomic E-state index is 12.4. The molecule has 102 valence electrons. The molecule has 1 aromatic rings. The molecule has 0 aromatic heterocycles. The summed E-state index contributed by atoms with van der Waals surface area (Å²) >= 11 is 0. The number of amides is 1. The largest absolute Gasteiger partial charge is 0.508 e. The zero-order valence-corrected chi connectivity index (χ0v) is 10.5. The molecular formula is C13H15NO5. The molecule has 0 saturated carbocycles. The first kappa shape index (κ1) is 13.4. The van der Waals surface area contributed by atoms with Crippen molar-refractivity contribution in [2.75, 3.05) is 19.8 Å². The Morgan fingerprint density at radius 2 is 2.16 bits per heavy atom. The van der Waals surface area contributed by atoms with Gasteiger partial charge in [-0.15, -0.1) is 0 Å². The van der Waals surface area contributed by atoms with Gasteiger partial charge in [0.2, 0.25) is 0 Å². The van der Waals surface area contributed by atoms with Crippen LogP contribution in [-0.2, 0) is 9.53 Å². The second-order valence-corrected chi connectivity index (χ2v) is 4.43. The topological polar surface area (TPSA) is 87.1 Å². The van der Waals surface area contributed by atoms with E-state index in [0.717, 1.165) is 0 Å². The zero-order valence-electron chi connectivity index (χ0n) is 10.5. The number of aromatic hydroxyl groups is 1. The van der Waals surface area contributed by atoms with Crippen LogP contribution in [0.5, 0.6) is 5.75 Å². The van der Waals surface area contributed by atoms with Crippen molar-refractivity contribution in [3.05, 3.63) is 29.3 Å². The van der Waals surface area contributed by atoms with Crippen molar-refractivity contribution in [3.8, 4) is 5.75 Å². The average Bonchev–Trinajstić information content (AvgIpc) is 2.38. The molecular weight excluding hydrogens is 250 g/mol. The van der Waals surface area contributed by atoms with Gasteiger partial charge < -0.3 is 19.8 Å². The number of carboxylic acid groups (broad SMARTS) is 1. The number of morpholine rings is 1. The third-order valence-corrected chi connectivity index (χ3v) is 3.11. The number of ether oxygens (including phenoxy) is 1. The second-order valence-electron chi connectivity index (χ2n) is 4.43. The fraction of sp³-hybridized carbons (Fsp3) is 0.385. The van der Waals surface area contributed by atoms with E-state index in [1.165, 1.54) is 23.1 Å². The molecule has 1 atom stereocenters. The summed E-state index contributed by atoms with van der Waals surface area (Å²) in [5.74, 6) is -1.36. The number of carboxylic acids is 1. The van der Waals surface area contributed by atoms with Crippen LogP contribution in [0.15, 0.2) is 18.2 Å². The first-order chi connectivity index (χ1) is 9.00. The molecule has 0 aliphatic carbocycles. The van der Waals surface area contributed by atoms with Gasteiger partial charge in [-0.05, 0) is 30.7 Å². The third-order valence-electron chi connectivity index (χ3n) is 3.11. The number of nitrogens with zero attached hydrogens (tertiary/aromatic N) is 1. The number of phenolic OH excluding ortho intramolecular Hbond substituents is 1. The van der Waals surface area contributed by atoms with Gasteiger partial charge in [0, 0.05) is 12.1 Å². The minimum Gasteiger partial charge on any atom is -0.508 e. The molecule has 2 N–H and O–H groups in total. The molecule has 1 amide bonds. The molecule has 6 nitrogen and oxygen atoms in total. The minimum absolute atomic E-state index is 0.00178. The highest BCUT2D eigenvalue weighted by Crippen LogP contribution is 2.19. The number of carbonyl (C=O) groups excluding carboxylic acids is 1. The van der Waals surface area contributed by atoms with Crippen molar-refractivity contribution >= 4 is 11.9 Å². The van der Waals surface area contributed by atoms with Gasteiger partial charge in [-0.25, -0.2) is 4.79 Å². The van der Waals surface area contributed by atoms with Crippen LogP contribution in [0.4, 0.5) is 0 Å². The van der Waals surface area contributed by atoms with E-state index in [9.17, 15) is 14.7 Å². The van der Waals surface area contributed by atoms with E-state index in [1.54, 1.807) is 6.92 Å². The Labute approximate surface area is 110 Å². The number of phenols is 1. The van der Waals surface area contributed by atoms with Gasteiger partial charge in [-0.2, -0.15) is 0 Å². The van der Waals surface area contributed by atoms with Crippen LogP contribution in [0.3, 0.4) is 0 Å². The number of hydrogen-bond donors (Lipinski definition) is 2. The lowest BCUT2D eigenvalue weighted by Gasteiger charge is -2.33. The molecule has 0 bridgehead atoms. The fourth-order valence-electron chi connectivity index (χ4n) is 2.09. The summed E-state index contributed by atoms with van der Waals surface area (Å²) < 4.78 is 5.09. The Kier molecular flexibility index (Phi) is 3.71. The van der Waals surface area contributed by atoms with Crippen molar-refractivity contribution in [2.45, 2.75) is 13.0 Å². The predicted octanol–water partition coefficient (Wildman–Crippen LogP) is 0.626. The van der Waals surface area contributed by atoms with Crippen LogP contribution in [-0.4, -0.2) is 52.8 Å².